The third kappa shape index (κ3) is 2.55. The molecular formula is C15H17N3O4S. The average molecular weight is 335 g/mol. The van der Waals surface area contributed by atoms with E-state index in [9.17, 15) is 4.79 Å². The molecule has 0 fully saturated rings. The van der Waals surface area contributed by atoms with E-state index in [2.05, 4.69) is 10.3 Å². The smallest absolute Gasteiger partial charge is 0.226 e. The fraction of sp³-hybridized carbons (Fsp3) is 0.333. The second-order valence-corrected chi connectivity index (χ2v) is 6.06. The SMILES string of the molecule is COc1ccc(C2CC(=O)Nc3nc(N)sc32)c(OC)c1OC. The van der Waals surface area contributed by atoms with Gasteiger partial charge in [0.2, 0.25) is 11.7 Å². The van der Waals surface area contributed by atoms with Gasteiger partial charge in [0.25, 0.3) is 0 Å². The fourth-order valence-corrected chi connectivity index (χ4v) is 3.69. The number of nitrogens with two attached hydrogens (primary N) is 1. The summed E-state index contributed by atoms with van der Waals surface area (Å²) in [7, 11) is 4.67. The lowest BCUT2D eigenvalue weighted by molar-refractivity contribution is -0.116. The van der Waals surface area contributed by atoms with E-state index >= 15 is 0 Å². The van der Waals surface area contributed by atoms with Crippen molar-refractivity contribution >= 4 is 28.2 Å². The van der Waals surface area contributed by atoms with Crippen molar-refractivity contribution < 1.29 is 19.0 Å². The van der Waals surface area contributed by atoms with Gasteiger partial charge in [-0.05, 0) is 6.07 Å². The first-order valence-electron chi connectivity index (χ1n) is 6.94. The van der Waals surface area contributed by atoms with Gasteiger partial charge in [0, 0.05) is 17.9 Å². The Labute approximate surface area is 137 Å². The summed E-state index contributed by atoms with van der Waals surface area (Å²) in [6.07, 6.45) is 0.292. The van der Waals surface area contributed by atoms with Crippen LogP contribution in [0.2, 0.25) is 0 Å². The molecule has 3 rings (SSSR count). The minimum atomic E-state index is -0.191. The lowest BCUT2D eigenvalue weighted by Crippen LogP contribution is -2.23. The van der Waals surface area contributed by atoms with Crippen LogP contribution < -0.4 is 25.3 Å². The van der Waals surface area contributed by atoms with E-state index in [1.807, 2.05) is 6.07 Å². The van der Waals surface area contributed by atoms with Crippen LogP contribution in [-0.2, 0) is 4.79 Å². The number of ether oxygens (including phenoxy) is 3. The minimum Gasteiger partial charge on any atom is -0.493 e. The van der Waals surface area contributed by atoms with Crippen molar-refractivity contribution in [2.45, 2.75) is 12.3 Å². The van der Waals surface area contributed by atoms with Gasteiger partial charge in [-0.1, -0.05) is 17.4 Å². The van der Waals surface area contributed by atoms with E-state index in [4.69, 9.17) is 19.9 Å². The second-order valence-electron chi connectivity index (χ2n) is 4.99. The van der Waals surface area contributed by atoms with Crippen molar-refractivity contribution in [1.29, 1.82) is 0 Å². The maximum absolute atomic E-state index is 12.0. The quantitative estimate of drug-likeness (QED) is 0.889. The molecule has 2 aromatic rings. The molecule has 0 radical (unpaired) electrons. The average Bonchev–Trinajstić information content (AvgIpc) is 2.92. The zero-order valence-corrected chi connectivity index (χ0v) is 13.8. The Morgan fingerprint density at radius 2 is 1.96 bits per heavy atom. The van der Waals surface area contributed by atoms with Gasteiger partial charge in [0.1, 0.15) is 5.82 Å². The van der Waals surface area contributed by atoms with Crippen LogP contribution in [0.5, 0.6) is 17.2 Å². The monoisotopic (exact) mass is 335 g/mol. The van der Waals surface area contributed by atoms with Crippen molar-refractivity contribution in [2.75, 3.05) is 32.4 Å². The number of carbonyl (C=O) groups is 1. The highest BCUT2D eigenvalue weighted by Gasteiger charge is 2.33. The van der Waals surface area contributed by atoms with Crippen molar-refractivity contribution in [3.63, 3.8) is 0 Å². The number of carbonyl (C=O) groups excluding carboxylic acids is 1. The number of amides is 1. The predicted molar refractivity (Wildman–Crippen MR) is 87.7 cm³/mol. The Balaban J connectivity index is 2.17. The number of rotatable bonds is 4. The highest BCUT2D eigenvalue weighted by molar-refractivity contribution is 7.16. The van der Waals surface area contributed by atoms with Gasteiger partial charge in [0.15, 0.2) is 16.6 Å². The Hall–Kier alpha value is -2.48. The van der Waals surface area contributed by atoms with Crippen LogP contribution in [0.15, 0.2) is 12.1 Å². The fourth-order valence-electron chi connectivity index (χ4n) is 2.79. The molecule has 7 nitrogen and oxygen atoms in total. The van der Waals surface area contributed by atoms with Crippen LogP contribution in [0.1, 0.15) is 22.8 Å². The van der Waals surface area contributed by atoms with E-state index in [-0.39, 0.29) is 11.8 Å². The maximum Gasteiger partial charge on any atom is 0.226 e. The summed E-state index contributed by atoms with van der Waals surface area (Å²) in [4.78, 5) is 17.1. The normalized spacial score (nSPS) is 16.5. The summed E-state index contributed by atoms with van der Waals surface area (Å²) in [5, 5.41) is 3.17. The lowest BCUT2D eigenvalue weighted by atomic mass is 9.90. The first kappa shape index (κ1) is 15.4. The number of benzene rings is 1. The summed E-state index contributed by atoms with van der Waals surface area (Å²) in [5.74, 6) is 1.83. The number of anilines is 2. The van der Waals surface area contributed by atoms with Crippen LogP contribution in [0.3, 0.4) is 0 Å². The van der Waals surface area contributed by atoms with E-state index in [0.717, 1.165) is 10.4 Å². The molecule has 2 heterocycles. The van der Waals surface area contributed by atoms with Crippen LogP contribution in [0.25, 0.3) is 0 Å². The Kier molecular flexibility index (Phi) is 3.99. The minimum absolute atomic E-state index is 0.107. The number of nitrogen functional groups attached to an aromatic ring is 1. The van der Waals surface area contributed by atoms with E-state index in [1.165, 1.54) is 11.3 Å². The summed E-state index contributed by atoms with van der Waals surface area (Å²) >= 11 is 1.36. The van der Waals surface area contributed by atoms with Crippen LogP contribution in [0, 0.1) is 0 Å². The number of methoxy groups -OCH3 is 3. The van der Waals surface area contributed by atoms with Crippen molar-refractivity contribution in [2.24, 2.45) is 0 Å². The number of hydrogen-bond acceptors (Lipinski definition) is 7. The summed E-state index contributed by atoms with van der Waals surface area (Å²) in [5.41, 5.74) is 6.63. The molecule has 1 unspecified atom stereocenters. The molecule has 1 aromatic carbocycles. The molecule has 8 heteroatoms. The number of nitrogens with zero attached hydrogens (tertiary/aromatic N) is 1. The maximum atomic E-state index is 12.0. The number of hydrogen-bond donors (Lipinski definition) is 2. The van der Waals surface area contributed by atoms with Crippen molar-refractivity contribution in [1.82, 2.24) is 4.98 Å². The van der Waals surface area contributed by atoms with E-state index < -0.39 is 0 Å². The number of nitrogens with one attached hydrogen (secondary N) is 1. The molecule has 0 saturated carbocycles. The molecule has 23 heavy (non-hydrogen) atoms. The molecule has 1 atom stereocenters. The number of thiazole rings is 1. The van der Waals surface area contributed by atoms with E-state index in [1.54, 1.807) is 27.4 Å². The highest BCUT2D eigenvalue weighted by Crippen LogP contribution is 2.49. The highest BCUT2D eigenvalue weighted by atomic mass is 32.1. The van der Waals surface area contributed by atoms with Gasteiger partial charge in [-0.25, -0.2) is 4.98 Å². The molecule has 1 aliphatic heterocycles. The predicted octanol–water partition coefficient (Wildman–Crippen LogP) is 2.23. The molecule has 1 amide bonds. The Bertz CT molecular complexity index is 759. The molecular weight excluding hydrogens is 318 g/mol. The number of fused-ring (bicyclic) bond motifs is 1. The largest absolute Gasteiger partial charge is 0.493 e. The van der Waals surface area contributed by atoms with E-state index in [0.29, 0.717) is 34.6 Å². The molecule has 0 spiro atoms. The first-order valence-corrected chi connectivity index (χ1v) is 7.75. The second kappa shape index (κ2) is 5.96. The summed E-state index contributed by atoms with van der Waals surface area (Å²) in [6, 6.07) is 3.68. The van der Waals surface area contributed by atoms with Crippen LogP contribution in [0.4, 0.5) is 10.9 Å². The molecule has 0 bridgehead atoms. The summed E-state index contributed by atoms with van der Waals surface area (Å²) < 4.78 is 16.3. The molecule has 1 aromatic heterocycles. The standard InChI is InChI=1S/C15H17N3O4S/c1-20-9-5-4-7(11(21-2)12(9)22-3)8-6-10(19)17-14-13(8)23-15(16)18-14/h4-5,8H,6H2,1-3H3,(H2,16,18)(H,17,19). The molecule has 3 N–H and O–H groups in total. The molecule has 122 valence electrons. The molecule has 0 saturated heterocycles. The van der Waals surface area contributed by atoms with Crippen molar-refractivity contribution in [3.05, 3.63) is 22.6 Å². The number of aromatic nitrogens is 1. The lowest BCUT2D eigenvalue weighted by Gasteiger charge is -2.24. The van der Waals surface area contributed by atoms with Crippen LogP contribution in [-0.4, -0.2) is 32.2 Å². The zero-order chi connectivity index (χ0) is 16.6. The zero-order valence-electron chi connectivity index (χ0n) is 13.0. The van der Waals surface area contributed by atoms with Crippen LogP contribution >= 0.6 is 11.3 Å². The summed E-state index contributed by atoms with van der Waals surface area (Å²) in [6.45, 7) is 0. The van der Waals surface area contributed by atoms with Gasteiger partial charge >= 0.3 is 0 Å². The van der Waals surface area contributed by atoms with Gasteiger partial charge in [0.05, 0.1) is 26.2 Å². The van der Waals surface area contributed by atoms with Gasteiger partial charge < -0.3 is 25.3 Å². The Morgan fingerprint density at radius 3 is 2.61 bits per heavy atom. The third-order valence-corrected chi connectivity index (χ3v) is 4.74. The Morgan fingerprint density at radius 1 is 1.22 bits per heavy atom. The van der Waals surface area contributed by atoms with Gasteiger partial charge in [-0.15, -0.1) is 0 Å². The van der Waals surface area contributed by atoms with Gasteiger partial charge in [-0.2, -0.15) is 0 Å². The topological polar surface area (TPSA) is 95.7 Å². The molecule has 1 aliphatic rings. The molecule has 0 aliphatic carbocycles. The third-order valence-electron chi connectivity index (χ3n) is 3.74. The first-order chi connectivity index (χ1) is 11.1. The van der Waals surface area contributed by atoms with Crippen molar-refractivity contribution in [3.8, 4) is 17.2 Å². The van der Waals surface area contributed by atoms with Gasteiger partial charge in [-0.3, -0.25) is 4.79 Å².